The van der Waals surface area contributed by atoms with Crippen molar-refractivity contribution < 1.29 is 14.2 Å². The van der Waals surface area contributed by atoms with E-state index in [4.69, 9.17) is 4.74 Å². The van der Waals surface area contributed by atoms with Crippen LogP contribution >= 0.6 is 0 Å². The van der Waals surface area contributed by atoms with Crippen LogP contribution in [0.2, 0.25) is 0 Å². The number of aliphatic hydroxyl groups excluding tert-OH is 1. The van der Waals surface area contributed by atoms with Crippen LogP contribution in [0.25, 0.3) is 0 Å². The number of rotatable bonds is 6. The third kappa shape index (κ3) is 4.29. The fourth-order valence-corrected chi connectivity index (χ4v) is 1.54. The molecule has 0 aliphatic carbocycles. The zero-order valence-corrected chi connectivity index (χ0v) is 9.82. The van der Waals surface area contributed by atoms with Crippen molar-refractivity contribution in [2.24, 2.45) is 0 Å². The van der Waals surface area contributed by atoms with Gasteiger partial charge in [0.25, 0.3) is 0 Å². The summed E-state index contributed by atoms with van der Waals surface area (Å²) in [5.74, 6) is -0.224. The van der Waals surface area contributed by atoms with Crippen molar-refractivity contribution in [2.45, 2.75) is 32.3 Å². The molecule has 1 aromatic carbocycles. The van der Waals surface area contributed by atoms with Crippen LogP contribution in [0.1, 0.15) is 31.7 Å². The van der Waals surface area contributed by atoms with E-state index in [2.05, 4.69) is 0 Å². The van der Waals surface area contributed by atoms with E-state index in [0.717, 1.165) is 12.0 Å². The molecule has 0 fully saturated rings. The summed E-state index contributed by atoms with van der Waals surface area (Å²) in [6.07, 6.45) is 0.952. The highest BCUT2D eigenvalue weighted by Crippen LogP contribution is 2.19. The zero-order valence-electron chi connectivity index (χ0n) is 9.82. The van der Waals surface area contributed by atoms with Crippen LogP contribution in [0.3, 0.4) is 0 Å². The Labute approximate surface area is 96.1 Å². The predicted molar refractivity (Wildman–Crippen MR) is 61.9 cm³/mol. The number of benzene rings is 1. The van der Waals surface area contributed by atoms with Crippen LogP contribution < -0.4 is 0 Å². The highest BCUT2D eigenvalue weighted by Gasteiger charge is 2.10. The van der Waals surface area contributed by atoms with Gasteiger partial charge in [0, 0.05) is 12.5 Å². The van der Waals surface area contributed by atoms with Crippen LogP contribution in [-0.2, 0) is 4.74 Å². The first-order valence-electron chi connectivity index (χ1n) is 5.61. The second-order valence-electron chi connectivity index (χ2n) is 4.14. The summed E-state index contributed by atoms with van der Waals surface area (Å²) < 4.78 is 18.2. The molecule has 1 N–H and O–H groups in total. The molecule has 1 unspecified atom stereocenters. The van der Waals surface area contributed by atoms with Gasteiger partial charge in [0.15, 0.2) is 0 Å². The fourth-order valence-electron chi connectivity index (χ4n) is 1.54. The molecule has 2 nitrogen and oxygen atoms in total. The molecule has 0 amide bonds. The summed E-state index contributed by atoms with van der Waals surface area (Å²) in [5.41, 5.74) is 0.955. The summed E-state index contributed by atoms with van der Waals surface area (Å²) in [4.78, 5) is 0. The molecule has 1 atom stereocenters. The molecule has 90 valence electrons. The molecule has 0 aliphatic rings. The van der Waals surface area contributed by atoms with E-state index in [1.165, 1.54) is 12.1 Å². The van der Waals surface area contributed by atoms with Crippen LogP contribution in [0.15, 0.2) is 24.3 Å². The summed E-state index contributed by atoms with van der Waals surface area (Å²) in [5, 5.41) is 9.26. The van der Waals surface area contributed by atoms with Gasteiger partial charge in [-0.25, -0.2) is 4.39 Å². The van der Waals surface area contributed by atoms with Crippen molar-refractivity contribution in [3.63, 3.8) is 0 Å². The molecule has 1 aromatic rings. The Morgan fingerprint density at radius 3 is 2.38 bits per heavy atom. The Kier molecular flexibility index (Phi) is 5.43. The maximum absolute atomic E-state index is 12.7. The number of aliphatic hydroxyl groups is 1. The average Bonchev–Trinajstić information content (AvgIpc) is 2.26. The predicted octanol–water partition coefficient (Wildman–Crippen LogP) is 2.72. The monoisotopic (exact) mass is 226 g/mol. The Morgan fingerprint density at radius 1 is 1.25 bits per heavy atom. The lowest BCUT2D eigenvalue weighted by molar-refractivity contribution is 0.0691. The maximum Gasteiger partial charge on any atom is 0.123 e. The number of halogens is 1. The molecule has 1 rings (SSSR count). The minimum atomic E-state index is -0.251. The third-order valence-electron chi connectivity index (χ3n) is 2.48. The Hall–Kier alpha value is -0.930. The van der Waals surface area contributed by atoms with Gasteiger partial charge >= 0.3 is 0 Å². The van der Waals surface area contributed by atoms with Crippen molar-refractivity contribution >= 4 is 0 Å². The van der Waals surface area contributed by atoms with E-state index >= 15 is 0 Å². The van der Waals surface area contributed by atoms with Crippen LogP contribution in [0, 0.1) is 5.82 Å². The third-order valence-corrected chi connectivity index (χ3v) is 2.48. The molecule has 0 radical (unpaired) electrons. The molecule has 0 saturated carbocycles. The zero-order chi connectivity index (χ0) is 12.0. The standard InChI is InChI=1S/C13H19FO2/c1-10(2)16-8-7-12(9-15)11-3-5-13(14)6-4-11/h3-6,10,12,15H,7-9H2,1-2H3. The van der Waals surface area contributed by atoms with Crippen molar-refractivity contribution in [1.29, 1.82) is 0 Å². The summed E-state index contributed by atoms with van der Waals surface area (Å²) in [6.45, 7) is 4.63. The lowest BCUT2D eigenvalue weighted by Gasteiger charge is -2.15. The molecule has 0 spiro atoms. The van der Waals surface area contributed by atoms with Gasteiger partial charge in [-0.1, -0.05) is 12.1 Å². The minimum absolute atomic E-state index is 0.0272. The molecule has 16 heavy (non-hydrogen) atoms. The lowest BCUT2D eigenvalue weighted by atomic mass is 9.97. The van der Waals surface area contributed by atoms with Gasteiger partial charge in [0.1, 0.15) is 5.82 Å². The molecule has 0 aliphatic heterocycles. The fraction of sp³-hybridized carbons (Fsp3) is 0.538. The lowest BCUT2D eigenvalue weighted by Crippen LogP contribution is -2.11. The molecule has 0 saturated heterocycles. The second-order valence-corrected chi connectivity index (χ2v) is 4.14. The SMILES string of the molecule is CC(C)OCCC(CO)c1ccc(F)cc1. The maximum atomic E-state index is 12.7. The average molecular weight is 226 g/mol. The van der Waals surface area contributed by atoms with Gasteiger partial charge in [-0.3, -0.25) is 0 Å². The van der Waals surface area contributed by atoms with Crippen LogP contribution in [0.4, 0.5) is 4.39 Å². The quantitative estimate of drug-likeness (QED) is 0.808. The molecule has 3 heteroatoms. The van der Waals surface area contributed by atoms with Gasteiger partial charge in [-0.2, -0.15) is 0 Å². The van der Waals surface area contributed by atoms with Gasteiger partial charge in [0.2, 0.25) is 0 Å². The first-order chi connectivity index (χ1) is 7.63. The number of hydrogen-bond acceptors (Lipinski definition) is 2. The van der Waals surface area contributed by atoms with E-state index < -0.39 is 0 Å². The first-order valence-corrected chi connectivity index (χ1v) is 5.61. The first kappa shape index (κ1) is 13.1. The van der Waals surface area contributed by atoms with E-state index in [0.29, 0.717) is 6.61 Å². The van der Waals surface area contributed by atoms with Gasteiger partial charge in [0.05, 0.1) is 12.7 Å². The topological polar surface area (TPSA) is 29.5 Å². The highest BCUT2D eigenvalue weighted by atomic mass is 19.1. The molecule has 0 bridgehead atoms. The number of hydrogen-bond donors (Lipinski definition) is 1. The van der Waals surface area contributed by atoms with E-state index in [1.807, 2.05) is 13.8 Å². The van der Waals surface area contributed by atoms with E-state index in [-0.39, 0.29) is 24.4 Å². The number of ether oxygens (including phenoxy) is 1. The van der Waals surface area contributed by atoms with E-state index in [1.54, 1.807) is 12.1 Å². The largest absolute Gasteiger partial charge is 0.396 e. The van der Waals surface area contributed by atoms with Crippen LogP contribution in [0.5, 0.6) is 0 Å². The smallest absolute Gasteiger partial charge is 0.123 e. The summed E-state index contributed by atoms with van der Waals surface area (Å²) in [7, 11) is 0. The minimum Gasteiger partial charge on any atom is -0.396 e. The van der Waals surface area contributed by atoms with Gasteiger partial charge in [-0.05, 0) is 38.0 Å². The molecule has 0 heterocycles. The molecular weight excluding hydrogens is 207 g/mol. The van der Waals surface area contributed by atoms with Crippen molar-refractivity contribution in [3.8, 4) is 0 Å². The van der Waals surface area contributed by atoms with E-state index in [9.17, 15) is 9.50 Å². The van der Waals surface area contributed by atoms with Gasteiger partial charge < -0.3 is 9.84 Å². The summed E-state index contributed by atoms with van der Waals surface area (Å²) >= 11 is 0. The van der Waals surface area contributed by atoms with Gasteiger partial charge in [-0.15, -0.1) is 0 Å². The normalized spacial score (nSPS) is 13.1. The molecule has 0 aromatic heterocycles. The van der Waals surface area contributed by atoms with Crippen molar-refractivity contribution in [1.82, 2.24) is 0 Å². The molecular formula is C13H19FO2. The van der Waals surface area contributed by atoms with Crippen LogP contribution in [-0.4, -0.2) is 24.4 Å². The highest BCUT2D eigenvalue weighted by molar-refractivity contribution is 5.20. The summed E-state index contributed by atoms with van der Waals surface area (Å²) in [6, 6.07) is 6.26. The van der Waals surface area contributed by atoms with Crippen molar-refractivity contribution in [3.05, 3.63) is 35.6 Å². The Balaban J connectivity index is 2.50. The Bertz CT molecular complexity index is 295. The Morgan fingerprint density at radius 2 is 1.88 bits per heavy atom. The van der Waals surface area contributed by atoms with Crippen molar-refractivity contribution in [2.75, 3.05) is 13.2 Å². The second kappa shape index (κ2) is 6.61.